The summed E-state index contributed by atoms with van der Waals surface area (Å²) in [6, 6.07) is 13.4. The molecule has 0 atom stereocenters. The number of benzene rings is 2. The van der Waals surface area contributed by atoms with Crippen LogP contribution in [0.1, 0.15) is 45.7 Å². The molecular formula is C24H27N3O4. The fourth-order valence-electron chi connectivity index (χ4n) is 3.44. The van der Waals surface area contributed by atoms with E-state index < -0.39 is 16.7 Å². The fraction of sp³-hybridized carbons (Fsp3) is 0.333. The summed E-state index contributed by atoms with van der Waals surface area (Å²) >= 11 is 0. The summed E-state index contributed by atoms with van der Waals surface area (Å²) in [5.41, 5.74) is 2.63. The number of amides is 2. The van der Waals surface area contributed by atoms with Gasteiger partial charge in [0.25, 0.3) is 17.5 Å². The summed E-state index contributed by atoms with van der Waals surface area (Å²) in [4.78, 5) is 38.0. The molecule has 0 unspecified atom stereocenters. The molecule has 2 amide bonds. The Morgan fingerprint density at radius 3 is 2.03 bits per heavy atom. The molecule has 0 bridgehead atoms. The molecule has 162 valence electrons. The van der Waals surface area contributed by atoms with Crippen molar-refractivity contribution >= 4 is 28.8 Å². The van der Waals surface area contributed by atoms with E-state index in [4.69, 9.17) is 0 Å². The summed E-state index contributed by atoms with van der Waals surface area (Å²) in [7, 11) is 0. The lowest BCUT2D eigenvalue weighted by molar-refractivity contribution is -0.384. The third-order valence-electron chi connectivity index (χ3n) is 5.10. The molecule has 0 saturated heterocycles. The summed E-state index contributed by atoms with van der Waals surface area (Å²) < 4.78 is 0. The number of rotatable bonds is 6. The third kappa shape index (κ3) is 4.66. The number of nitro groups is 1. The Hall–Kier alpha value is -3.48. The maximum absolute atomic E-state index is 13.1. The van der Waals surface area contributed by atoms with Gasteiger partial charge in [-0.15, -0.1) is 0 Å². The Kier molecular flexibility index (Phi) is 5.97. The topological polar surface area (TPSA) is 92.6 Å². The number of imide groups is 1. The molecule has 31 heavy (non-hydrogen) atoms. The second kappa shape index (κ2) is 8.34. The maximum atomic E-state index is 13.1. The Labute approximate surface area is 181 Å². The van der Waals surface area contributed by atoms with Crippen LogP contribution in [0.2, 0.25) is 0 Å². The maximum Gasteiger partial charge on any atom is 0.278 e. The minimum atomic E-state index is -0.499. The van der Waals surface area contributed by atoms with E-state index >= 15 is 0 Å². The minimum Gasteiger partial charge on any atom is -0.350 e. The molecular weight excluding hydrogens is 394 g/mol. The lowest BCUT2D eigenvalue weighted by Crippen LogP contribution is -2.35. The van der Waals surface area contributed by atoms with E-state index in [0.29, 0.717) is 17.8 Å². The van der Waals surface area contributed by atoms with Crippen LogP contribution in [-0.2, 0) is 15.0 Å². The molecule has 7 heteroatoms. The van der Waals surface area contributed by atoms with Gasteiger partial charge in [-0.2, -0.15) is 0 Å². The van der Waals surface area contributed by atoms with E-state index in [1.165, 1.54) is 29.2 Å². The first kappa shape index (κ1) is 22.2. The molecule has 0 radical (unpaired) electrons. The van der Waals surface area contributed by atoms with Gasteiger partial charge in [-0.1, -0.05) is 46.8 Å². The van der Waals surface area contributed by atoms with Crippen molar-refractivity contribution in [2.45, 2.75) is 40.0 Å². The van der Waals surface area contributed by atoms with Crippen LogP contribution in [0.3, 0.4) is 0 Å². The van der Waals surface area contributed by atoms with Crippen molar-refractivity contribution < 1.29 is 14.5 Å². The van der Waals surface area contributed by atoms with Gasteiger partial charge in [0.2, 0.25) is 0 Å². The molecule has 1 aliphatic heterocycles. The largest absolute Gasteiger partial charge is 0.350 e. The van der Waals surface area contributed by atoms with Gasteiger partial charge in [0.15, 0.2) is 0 Å². The zero-order valence-corrected chi connectivity index (χ0v) is 18.4. The number of carbonyl (C=O) groups excluding carboxylic acids is 2. The number of nitrogens with zero attached hydrogens (tertiary/aromatic N) is 2. The average molecular weight is 421 g/mol. The molecule has 0 fully saturated rings. The molecule has 0 saturated carbocycles. The number of nitrogens with one attached hydrogen (secondary N) is 1. The van der Waals surface area contributed by atoms with Crippen molar-refractivity contribution in [3.63, 3.8) is 0 Å². The van der Waals surface area contributed by atoms with Crippen LogP contribution in [0.4, 0.5) is 11.4 Å². The predicted molar refractivity (Wildman–Crippen MR) is 120 cm³/mol. The van der Waals surface area contributed by atoms with Gasteiger partial charge in [-0.25, -0.2) is 0 Å². The number of carbonyl (C=O) groups is 2. The number of non-ortho nitro benzene ring substituents is 1. The third-order valence-corrected chi connectivity index (χ3v) is 5.10. The van der Waals surface area contributed by atoms with Crippen LogP contribution >= 0.6 is 0 Å². The summed E-state index contributed by atoms with van der Waals surface area (Å²) in [5, 5.41) is 14.1. The van der Waals surface area contributed by atoms with Crippen LogP contribution in [0.15, 0.2) is 54.2 Å². The second-order valence-corrected chi connectivity index (χ2v) is 9.12. The molecule has 1 aliphatic rings. The van der Waals surface area contributed by atoms with Crippen LogP contribution in [0.25, 0.3) is 5.57 Å². The fourth-order valence-corrected chi connectivity index (χ4v) is 3.44. The number of hydrogen-bond acceptors (Lipinski definition) is 5. The zero-order valence-electron chi connectivity index (χ0n) is 18.4. The molecule has 3 rings (SSSR count). The van der Waals surface area contributed by atoms with Crippen molar-refractivity contribution in [2.24, 2.45) is 5.92 Å². The van der Waals surface area contributed by atoms with E-state index in [-0.39, 0.29) is 28.3 Å². The van der Waals surface area contributed by atoms with Gasteiger partial charge in [-0.05, 0) is 46.7 Å². The van der Waals surface area contributed by atoms with Crippen molar-refractivity contribution in [3.8, 4) is 0 Å². The second-order valence-electron chi connectivity index (χ2n) is 9.12. The van der Waals surface area contributed by atoms with Crippen molar-refractivity contribution in [2.75, 3.05) is 11.9 Å². The highest BCUT2D eigenvalue weighted by atomic mass is 16.6. The highest BCUT2D eigenvalue weighted by molar-refractivity contribution is 6.36. The summed E-state index contributed by atoms with van der Waals surface area (Å²) in [6.45, 7) is 10.5. The van der Waals surface area contributed by atoms with Crippen LogP contribution in [0, 0.1) is 16.0 Å². The van der Waals surface area contributed by atoms with Crippen molar-refractivity contribution in [1.29, 1.82) is 0 Å². The molecule has 0 spiro atoms. The highest BCUT2D eigenvalue weighted by Gasteiger charge is 2.39. The molecule has 2 aromatic carbocycles. The van der Waals surface area contributed by atoms with Gasteiger partial charge in [0.1, 0.15) is 5.70 Å². The van der Waals surface area contributed by atoms with Gasteiger partial charge in [0, 0.05) is 24.4 Å². The Balaban J connectivity index is 2.02. The normalized spacial score (nSPS) is 14.6. The van der Waals surface area contributed by atoms with E-state index in [0.717, 1.165) is 5.56 Å². The number of hydrogen-bond donors (Lipinski definition) is 1. The average Bonchev–Trinajstić information content (AvgIpc) is 2.92. The van der Waals surface area contributed by atoms with E-state index in [2.05, 4.69) is 26.1 Å². The first-order valence-corrected chi connectivity index (χ1v) is 10.2. The molecule has 0 aromatic heterocycles. The van der Waals surface area contributed by atoms with Gasteiger partial charge in [0.05, 0.1) is 10.5 Å². The molecule has 1 heterocycles. The Bertz CT molecular complexity index is 1050. The first-order valence-electron chi connectivity index (χ1n) is 10.2. The van der Waals surface area contributed by atoms with Crippen LogP contribution in [0.5, 0.6) is 0 Å². The van der Waals surface area contributed by atoms with Crippen LogP contribution in [-0.4, -0.2) is 28.2 Å². The van der Waals surface area contributed by atoms with Gasteiger partial charge >= 0.3 is 0 Å². The van der Waals surface area contributed by atoms with Crippen molar-refractivity contribution in [1.82, 2.24) is 4.90 Å². The van der Waals surface area contributed by atoms with E-state index in [9.17, 15) is 19.7 Å². The Morgan fingerprint density at radius 1 is 0.968 bits per heavy atom. The molecule has 0 aliphatic carbocycles. The molecule has 2 aromatic rings. The SMILES string of the molecule is CC(C)CN1C(=O)C(Nc2ccc(C(C)(C)C)cc2)=C(c2ccc([N+](=O)[O-])cc2)C1=O. The smallest absolute Gasteiger partial charge is 0.278 e. The van der Waals surface area contributed by atoms with E-state index in [1.807, 2.05) is 38.1 Å². The highest BCUT2D eigenvalue weighted by Crippen LogP contribution is 2.32. The molecule has 7 nitrogen and oxygen atoms in total. The van der Waals surface area contributed by atoms with Gasteiger partial charge < -0.3 is 5.32 Å². The number of nitro benzene ring substituents is 1. The quantitative estimate of drug-likeness (QED) is 0.413. The lowest BCUT2D eigenvalue weighted by atomic mass is 9.87. The Morgan fingerprint density at radius 2 is 1.55 bits per heavy atom. The van der Waals surface area contributed by atoms with Crippen molar-refractivity contribution in [3.05, 3.63) is 75.5 Å². The molecule has 1 N–H and O–H groups in total. The van der Waals surface area contributed by atoms with Crippen LogP contribution < -0.4 is 5.32 Å². The monoisotopic (exact) mass is 421 g/mol. The minimum absolute atomic E-state index is 0.00504. The summed E-state index contributed by atoms with van der Waals surface area (Å²) in [6.07, 6.45) is 0. The lowest BCUT2D eigenvalue weighted by Gasteiger charge is -2.19. The van der Waals surface area contributed by atoms with E-state index in [1.54, 1.807) is 0 Å². The summed E-state index contributed by atoms with van der Waals surface area (Å²) in [5.74, 6) is -0.690. The standard InChI is InChI=1S/C24H27N3O4/c1-15(2)14-26-22(28)20(16-6-12-19(13-7-16)27(30)31)21(23(26)29)25-18-10-8-17(9-11-18)24(3,4)5/h6-13,15,25H,14H2,1-5H3. The number of anilines is 1. The predicted octanol–water partition coefficient (Wildman–Crippen LogP) is 4.74. The van der Waals surface area contributed by atoms with Gasteiger partial charge in [-0.3, -0.25) is 24.6 Å². The first-order chi connectivity index (χ1) is 14.5. The zero-order chi connectivity index (χ0) is 22.9.